The lowest BCUT2D eigenvalue weighted by molar-refractivity contribution is -0.332. The summed E-state index contributed by atoms with van der Waals surface area (Å²) in [5, 5.41) is 72.4. The van der Waals surface area contributed by atoms with Crippen LogP contribution in [0.25, 0.3) is 0 Å². The highest BCUT2D eigenvalue weighted by atomic mass is 16.7. The van der Waals surface area contributed by atoms with Crippen LogP contribution >= 0.6 is 0 Å². The zero-order chi connectivity index (χ0) is 55.1. The first kappa shape index (κ1) is 69.5. The molecule has 0 aliphatic carbocycles. The molecule has 0 radical (unpaired) electrons. The van der Waals surface area contributed by atoms with Crippen molar-refractivity contribution in [2.75, 3.05) is 33.0 Å². The summed E-state index contributed by atoms with van der Waals surface area (Å²) >= 11 is 0. The molecule has 2 aliphatic rings. The summed E-state index contributed by atoms with van der Waals surface area (Å²) in [6, 6.07) is 0. The van der Waals surface area contributed by atoms with Crippen LogP contribution in [0.15, 0.2) is 72.9 Å². The van der Waals surface area contributed by atoms with Crippen molar-refractivity contribution in [3.05, 3.63) is 72.9 Å². The van der Waals surface area contributed by atoms with Gasteiger partial charge in [-0.3, -0.25) is 4.79 Å². The molecular formula is C62H108O14. The second-order valence-corrected chi connectivity index (χ2v) is 20.8. The number of carbonyl (C=O) groups is 1. The Morgan fingerprint density at radius 2 is 0.855 bits per heavy atom. The third-order valence-electron chi connectivity index (χ3n) is 14.0. The summed E-state index contributed by atoms with van der Waals surface area (Å²) in [6.45, 7) is 3.56. The molecule has 7 N–H and O–H groups in total. The molecule has 11 atom stereocenters. The summed E-state index contributed by atoms with van der Waals surface area (Å²) in [5.74, 6) is -0.380. The lowest BCUT2D eigenvalue weighted by Crippen LogP contribution is -2.61. The molecule has 0 aromatic rings. The fraction of sp³-hybridized carbons (Fsp3) is 0.790. The number of aliphatic hydroxyl groups is 7. The Labute approximate surface area is 459 Å². The highest BCUT2D eigenvalue weighted by Gasteiger charge is 2.47. The maximum atomic E-state index is 13.1. The minimum Gasteiger partial charge on any atom is -0.457 e. The number of carbonyl (C=O) groups excluding carboxylic acids is 1. The minimum atomic E-state index is -1.71. The van der Waals surface area contributed by atoms with Gasteiger partial charge >= 0.3 is 5.97 Å². The smallest absolute Gasteiger partial charge is 0.306 e. The number of unbranched alkanes of at least 4 members (excludes halogenated alkanes) is 22. The lowest BCUT2D eigenvalue weighted by Gasteiger charge is -2.42. The Morgan fingerprint density at radius 3 is 1.34 bits per heavy atom. The van der Waals surface area contributed by atoms with Crippen molar-refractivity contribution in [1.82, 2.24) is 0 Å². The zero-order valence-electron chi connectivity index (χ0n) is 47.2. The maximum absolute atomic E-state index is 13.1. The summed E-state index contributed by atoms with van der Waals surface area (Å²) in [7, 11) is 0. The first-order chi connectivity index (χ1) is 37.1. The van der Waals surface area contributed by atoms with Crippen LogP contribution in [0, 0.1) is 0 Å². The minimum absolute atomic E-state index is 0.0525. The summed E-state index contributed by atoms with van der Waals surface area (Å²) < 4.78 is 34.4. The number of rotatable bonds is 48. The van der Waals surface area contributed by atoms with Crippen LogP contribution in [0.3, 0.4) is 0 Å². The standard InChI is InChI=1S/C62H108O14/c1-3-5-7-9-11-13-15-17-19-21-22-23-24-25-26-27-28-29-30-32-34-36-38-40-42-44-46-71-48-51(74-54(64)45-43-41-39-37-35-33-31-20-18-16-14-12-10-8-6-4-2)49-72-61-60(70)58(68)56(66)53(76-61)50-73-62-59(69)57(67)55(65)52(47-63)75-62/h5,7,11,13,17,19,22-23,25-26,28-29,51-53,55-63,65-70H,3-4,6,8-10,12,14-16,18,20-21,24,27,30-50H2,1-2H3/b7-5-,13-11-,19-17-,23-22-,26-25-,29-28-. The average molecular weight is 1080 g/mol. The number of ether oxygens (including phenoxy) is 6. The Hall–Kier alpha value is -2.57. The van der Waals surface area contributed by atoms with Crippen molar-refractivity contribution in [2.45, 2.75) is 280 Å². The van der Waals surface area contributed by atoms with E-state index in [1.165, 1.54) is 96.3 Å². The van der Waals surface area contributed by atoms with Crippen LogP contribution in [-0.2, 0) is 33.2 Å². The summed E-state index contributed by atoms with van der Waals surface area (Å²) in [4.78, 5) is 13.1. The molecule has 0 aromatic heterocycles. The van der Waals surface area contributed by atoms with Gasteiger partial charge in [0, 0.05) is 13.0 Å². The normalized spacial score (nSPS) is 25.0. The molecule has 2 rings (SSSR count). The SMILES string of the molecule is CC/C=C\C/C=C\C/C=C\C/C=C\C/C=C\C/C=C\CCCCCCCCCOCC(COC1OC(COC2OC(CO)C(O)C(O)C2O)C(O)C(O)C1O)OC(=O)CCCCCCCCCCCCCCCCCC. The van der Waals surface area contributed by atoms with Gasteiger partial charge in [0.2, 0.25) is 0 Å². The van der Waals surface area contributed by atoms with Gasteiger partial charge in [0.1, 0.15) is 54.9 Å². The topological polar surface area (TPSA) is 214 Å². The molecular weight excluding hydrogens is 969 g/mol. The molecule has 0 saturated carbocycles. The van der Waals surface area contributed by atoms with E-state index in [0.29, 0.717) is 13.0 Å². The van der Waals surface area contributed by atoms with E-state index in [-0.39, 0.29) is 25.6 Å². The van der Waals surface area contributed by atoms with Crippen LogP contribution in [0.5, 0.6) is 0 Å². The molecule has 2 saturated heterocycles. The van der Waals surface area contributed by atoms with Gasteiger partial charge in [-0.1, -0.05) is 215 Å². The molecule has 2 heterocycles. The molecule has 76 heavy (non-hydrogen) atoms. The van der Waals surface area contributed by atoms with Crippen molar-refractivity contribution < 1.29 is 69.0 Å². The molecule has 0 amide bonds. The first-order valence-electron chi connectivity index (χ1n) is 30.0. The Balaban J connectivity index is 1.70. The molecule has 0 spiro atoms. The van der Waals surface area contributed by atoms with Gasteiger partial charge in [-0.05, 0) is 64.2 Å². The maximum Gasteiger partial charge on any atom is 0.306 e. The van der Waals surface area contributed by atoms with Gasteiger partial charge in [0.25, 0.3) is 0 Å². The lowest BCUT2D eigenvalue weighted by atomic mass is 9.98. The third kappa shape index (κ3) is 34.4. The van der Waals surface area contributed by atoms with Gasteiger partial charge in [-0.25, -0.2) is 0 Å². The van der Waals surface area contributed by atoms with E-state index < -0.39 is 80.7 Å². The predicted molar refractivity (Wildman–Crippen MR) is 302 cm³/mol. The molecule has 2 fully saturated rings. The molecule has 14 nitrogen and oxygen atoms in total. The largest absolute Gasteiger partial charge is 0.457 e. The Bertz CT molecular complexity index is 1530. The fourth-order valence-electron chi connectivity index (χ4n) is 9.17. The highest BCUT2D eigenvalue weighted by molar-refractivity contribution is 5.69. The molecule has 14 heteroatoms. The van der Waals surface area contributed by atoms with E-state index in [0.717, 1.165) is 89.9 Å². The summed E-state index contributed by atoms with van der Waals surface area (Å²) in [6.07, 6.45) is 45.3. The van der Waals surface area contributed by atoms with Gasteiger partial charge in [0.15, 0.2) is 12.6 Å². The van der Waals surface area contributed by atoms with Crippen LogP contribution < -0.4 is 0 Å². The average Bonchev–Trinajstić information content (AvgIpc) is 3.42. The van der Waals surface area contributed by atoms with E-state index >= 15 is 0 Å². The van der Waals surface area contributed by atoms with Crippen LogP contribution in [-0.4, -0.2) is 142 Å². The molecule has 440 valence electrons. The van der Waals surface area contributed by atoms with Crippen LogP contribution in [0.2, 0.25) is 0 Å². The van der Waals surface area contributed by atoms with Gasteiger partial charge < -0.3 is 64.2 Å². The zero-order valence-corrected chi connectivity index (χ0v) is 47.2. The molecule has 0 aromatic carbocycles. The number of hydrogen-bond acceptors (Lipinski definition) is 14. The first-order valence-corrected chi connectivity index (χ1v) is 30.0. The molecule has 11 unspecified atom stereocenters. The second-order valence-electron chi connectivity index (χ2n) is 20.8. The molecule has 2 aliphatic heterocycles. The van der Waals surface area contributed by atoms with E-state index in [2.05, 4.69) is 86.8 Å². The number of aliphatic hydroxyl groups excluding tert-OH is 7. The third-order valence-corrected chi connectivity index (χ3v) is 14.0. The number of allylic oxidation sites excluding steroid dienone is 12. The monoisotopic (exact) mass is 1080 g/mol. The van der Waals surface area contributed by atoms with Gasteiger partial charge in [-0.15, -0.1) is 0 Å². The van der Waals surface area contributed by atoms with E-state index in [1.807, 2.05) is 0 Å². The van der Waals surface area contributed by atoms with Crippen LogP contribution in [0.4, 0.5) is 0 Å². The van der Waals surface area contributed by atoms with E-state index in [4.69, 9.17) is 28.4 Å². The molecule has 0 bridgehead atoms. The quantitative estimate of drug-likeness (QED) is 0.0172. The predicted octanol–water partition coefficient (Wildman–Crippen LogP) is 11.0. The number of esters is 1. The number of hydrogen-bond donors (Lipinski definition) is 7. The highest BCUT2D eigenvalue weighted by Crippen LogP contribution is 2.27. The van der Waals surface area contributed by atoms with E-state index in [9.17, 15) is 40.5 Å². The van der Waals surface area contributed by atoms with E-state index in [1.54, 1.807) is 0 Å². The van der Waals surface area contributed by atoms with Crippen molar-refractivity contribution >= 4 is 5.97 Å². The van der Waals surface area contributed by atoms with Crippen molar-refractivity contribution in [3.8, 4) is 0 Å². The van der Waals surface area contributed by atoms with Gasteiger partial charge in [0.05, 0.1) is 26.4 Å². The van der Waals surface area contributed by atoms with Crippen LogP contribution in [0.1, 0.15) is 213 Å². The second kappa shape index (κ2) is 48.3. The van der Waals surface area contributed by atoms with Gasteiger partial charge in [-0.2, -0.15) is 0 Å². The van der Waals surface area contributed by atoms with Crippen molar-refractivity contribution in [1.29, 1.82) is 0 Å². The summed E-state index contributed by atoms with van der Waals surface area (Å²) in [5.41, 5.74) is 0. The van der Waals surface area contributed by atoms with Crippen molar-refractivity contribution in [3.63, 3.8) is 0 Å². The Morgan fingerprint density at radius 1 is 0.447 bits per heavy atom. The fourth-order valence-corrected chi connectivity index (χ4v) is 9.17. The Kier molecular flexibility index (Phi) is 44.2. The van der Waals surface area contributed by atoms with Crippen molar-refractivity contribution in [2.24, 2.45) is 0 Å².